The zero-order chi connectivity index (χ0) is 27.1. The Kier molecular flexibility index (Phi) is 8.81. The number of Topliss-reactive ketones (excluding diaryl/α,β-unsaturated/α-hetero) is 1. The maximum absolute atomic E-state index is 13.1. The molecule has 0 bridgehead atoms. The van der Waals surface area contributed by atoms with Crippen LogP contribution in [-0.2, 0) is 20.9 Å². The fourth-order valence-electron chi connectivity index (χ4n) is 4.45. The van der Waals surface area contributed by atoms with E-state index in [1.807, 2.05) is 56.3 Å². The predicted octanol–water partition coefficient (Wildman–Crippen LogP) is 5.43. The van der Waals surface area contributed by atoms with Crippen molar-refractivity contribution in [3.8, 4) is 11.5 Å². The molecule has 0 aliphatic carbocycles. The van der Waals surface area contributed by atoms with E-state index in [2.05, 4.69) is 6.07 Å². The maximum atomic E-state index is 13.1. The minimum absolute atomic E-state index is 0.0433. The quantitative estimate of drug-likeness (QED) is 0.208. The summed E-state index contributed by atoms with van der Waals surface area (Å²) in [5.74, 6) is -0.300. The highest BCUT2D eigenvalue weighted by atomic mass is 16.5. The zero-order valence-corrected chi connectivity index (χ0v) is 22.0. The topological polar surface area (TPSA) is 85.3 Å². The van der Waals surface area contributed by atoms with Gasteiger partial charge in [-0.2, -0.15) is 0 Å². The van der Waals surface area contributed by atoms with Crippen molar-refractivity contribution in [3.05, 3.63) is 101 Å². The van der Waals surface area contributed by atoms with Gasteiger partial charge in [-0.3, -0.25) is 9.59 Å². The Morgan fingerprint density at radius 1 is 0.921 bits per heavy atom. The lowest BCUT2D eigenvalue weighted by atomic mass is 9.95. The Labute approximate surface area is 223 Å². The van der Waals surface area contributed by atoms with Gasteiger partial charge < -0.3 is 24.2 Å². The van der Waals surface area contributed by atoms with Crippen molar-refractivity contribution in [2.75, 3.05) is 26.9 Å². The van der Waals surface area contributed by atoms with Gasteiger partial charge in [0, 0.05) is 19.2 Å². The number of hydrogen-bond acceptors (Lipinski definition) is 6. The molecule has 1 atom stereocenters. The van der Waals surface area contributed by atoms with Gasteiger partial charge in [0.25, 0.3) is 11.7 Å². The van der Waals surface area contributed by atoms with Crippen LogP contribution >= 0.6 is 0 Å². The van der Waals surface area contributed by atoms with Crippen LogP contribution in [0.3, 0.4) is 0 Å². The zero-order valence-electron chi connectivity index (χ0n) is 22.0. The van der Waals surface area contributed by atoms with Gasteiger partial charge in [0.05, 0.1) is 24.8 Å². The number of rotatable bonds is 11. The lowest BCUT2D eigenvalue weighted by Gasteiger charge is -2.25. The second kappa shape index (κ2) is 12.4. The first-order valence-electron chi connectivity index (χ1n) is 12.7. The molecule has 198 valence electrons. The largest absolute Gasteiger partial charge is 0.507 e. The Balaban J connectivity index is 1.62. The minimum atomic E-state index is -0.748. The first-order chi connectivity index (χ1) is 18.4. The van der Waals surface area contributed by atoms with Crippen molar-refractivity contribution >= 4 is 17.4 Å². The number of likely N-dealkylation sites (tertiary alicyclic amines) is 1. The second-order valence-corrected chi connectivity index (χ2v) is 9.20. The van der Waals surface area contributed by atoms with Crippen LogP contribution in [0.15, 0.2) is 78.4 Å². The maximum Gasteiger partial charge on any atom is 0.295 e. The van der Waals surface area contributed by atoms with E-state index in [0.29, 0.717) is 35.8 Å². The summed E-state index contributed by atoms with van der Waals surface area (Å²) in [7, 11) is 1.54. The molecule has 7 heteroatoms. The van der Waals surface area contributed by atoms with Crippen molar-refractivity contribution in [2.24, 2.45) is 0 Å². The van der Waals surface area contributed by atoms with Crippen LogP contribution in [0.2, 0.25) is 0 Å². The molecule has 0 unspecified atom stereocenters. The van der Waals surface area contributed by atoms with Gasteiger partial charge in [-0.1, -0.05) is 48.9 Å². The molecular formula is C31H33NO6. The summed E-state index contributed by atoms with van der Waals surface area (Å²) in [6.07, 6.45) is 0.884. The molecular weight excluding hydrogens is 482 g/mol. The number of carbonyl (C=O) groups excluding carboxylic acids is 2. The summed E-state index contributed by atoms with van der Waals surface area (Å²) in [6, 6.07) is 21.4. The lowest BCUT2D eigenvalue weighted by molar-refractivity contribution is -0.140. The Bertz CT molecular complexity index is 1300. The van der Waals surface area contributed by atoms with Gasteiger partial charge in [0.1, 0.15) is 23.9 Å². The molecule has 3 aromatic carbocycles. The van der Waals surface area contributed by atoms with Crippen LogP contribution in [0, 0.1) is 6.92 Å². The van der Waals surface area contributed by atoms with E-state index in [1.165, 1.54) is 12.0 Å². The van der Waals surface area contributed by atoms with Crippen molar-refractivity contribution in [1.29, 1.82) is 0 Å². The molecule has 3 aromatic rings. The van der Waals surface area contributed by atoms with Gasteiger partial charge in [-0.25, -0.2) is 0 Å². The standard InChI is InChI=1S/C31H33NO6/c1-4-17-37-25-12-8-23(9-13-25)28-27(30(34)31(35)32(28)16-18-36-3)29(33)24-10-14-26(15-11-24)38-20-22-7-5-6-21(2)19-22/h5-15,19,28,33H,4,16-18,20H2,1-3H3/b29-27+/t28-/m1/s1. The van der Waals surface area contributed by atoms with Crippen molar-refractivity contribution in [3.63, 3.8) is 0 Å². The third kappa shape index (κ3) is 6.06. The third-order valence-electron chi connectivity index (χ3n) is 6.36. The number of methoxy groups -OCH3 is 1. The SMILES string of the molecule is CCCOc1ccc([C@@H]2/C(=C(\O)c3ccc(OCc4cccc(C)c4)cc3)C(=O)C(=O)N2CCOC)cc1. The van der Waals surface area contributed by atoms with Crippen LogP contribution < -0.4 is 9.47 Å². The molecule has 0 aromatic heterocycles. The molecule has 1 saturated heterocycles. The Hall–Kier alpha value is -4.10. The molecule has 1 N–H and O–H groups in total. The summed E-state index contributed by atoms with van der Waals surface area (Å²) >= 11 is 0. The van der Waals surface area contributed by atoms with Crippen molar-refractivity contribution in [1.82, 2.24) is 4.90 Å². The molecule has 1 aliphatic heterocycles. The molecule has 0 saturated carbocycles. The molecule has 38 heavy (non-hydrogen) atoms. The number of ether oxygens (including phenoxy) is 3. The summed E-state index contributed by atoms with van der Waals surface area (Å²) < 4.78 is 16.7. The number of hydrogen-bond donors (Lipinski definition) is 1. The Morgan fingerprint density at radius 2 is 1.61 bits per heavy atom. The number of carbonyl (C=O) groups is 2. The predicted molar refractivity (Wildman–Crippen MR) is 145 cm³/mol. The van der Waals surface area contributed by atoms with E-state index in [4.69, 9.17) is 14.2 Å². The van der Waals surface area contributed by atoms with Gasteiger partial charge in [-0.15, -0.1) is 0 Å². The van der Waals surface area contributed by atoms with E-state index < -0.39 is 17.7 Å². The number of aliphatic hydroxyl groups is 1. The Morgan fingerprint density at radius 3 is 2.26 bits per heavy atom. The third-order valence-corrected chi connectivity index (χ3v) is 6.36. The second-order valence-electron chi connectivity index (χ2n) is 9.20. The number of aliphatic hydroxyl groups excluding tert-OH is 1. The average molecular weight is 516 g/mol. The van der Waals surface area contributed by atoms with Crippen molar-refractivity contribution < 1.29 is 28.9 Å². The van der Waals surface area contributed by atoms with Crippen LogP contribution in [0.5, 0.6) is 11.5 Å². The number of aryl methyl sites for hydroxylation is 1. The van der Waals surface area contributed by atoms with Crippen LogP contribution in [0.4, 0.5) is 0 Å². The van der Waals surface area contributed by atoms with Gasteiger partial charge in [0.15, 0.2) is 0 Å². The minimum Gasteiger partial charge on any atom is -0.507 e. The van der Waals surface area contributed by atoms with E-state index in [0.717, 1.165) is 17.5 Å². The molecule has 0 spiro atoms. The first-order valence-corrected chi connectivity index (χ1v) is 12.7. The van der Waals surface area contributed by atoms with E-state index in [-0.39, 0.29) is 24.5 Å². The molecule has 4 rings (SSSR count). The van der Waals surface area contributed by atoms with E-state index >= 15 is 0 Å². The number of nitrogens with zero attached hydrogens (tertiary/aromatic N) is 1. The molecule has 1 amide bonds. The monoisotopic (exact) mass is 515 g/mol. The van der Waals surface area contributed by atoms with Crippen molar-refractivity contribution in [2.45, 2.75) is 32.9 Å². The van der Waals surface area contributed by atoms with Crippen LogP contribution in [-0.4, -0.2) is 48.6 Å². The highest BCUT2D eigenvalue weighted by Crippen LogP contribution is 2.39. The highest BCUT2D eigenvalue weighted by Gasteiger charge is 2.45. The van der Waals surface area contributed by atoms with Crippen LogP contribution in [0.1, 0.15) is 41.6 Å². The number of benzene rings is 3. The van der Waals surface area contributed by atoms with Gasteiger partial charge in [-0.05, 0) is 60.9 Å². The van der Waals surface area contributed by atoms with Crippen LogP contribution in [0.25, 0.3) is 5.76 Å². The summed E-state index contributed by atoms with van der Waals surface area (Å²) in [5.41, 5.74) is 3.38. The highest BCUT2D eigenvalue weighted by molar-refractivity contribution is 6.46. The first kappa shape index (κ1) is 26.9. The van der Waals surface area contributed by atoms with E-state index in [1.54, 1.807) is 24.3 Å². The van der Waals surface area contributed by atoms with Gasteiger partial charge >= 0.3 is 0 Å². The summed E-state index contributed by atoms with van der Waals surface area (Å²) in [6.45, 7) is 5.53. The molecule has 1 aliphatic rings. The average Bonchev–Trinajstić information content (AvgIpc) is 3.19. The van der Waals surface area contributed by atoms with E-state index in [9.17, 15) is 14.7 Å². The fourth-order valence-corrected chi connectivity index (χ4v) is 4.45. The summed E-state index contributed by atoms with van der Waals surface area (Å²) in [4.78, 5) is 27.6. The van der Waals surface area contributed by atoms with Gasteiger partial charge in [0.2, 0.25) is 0 Å². The number of ketones is 1. The smallest absolute Gasteiger partial charge is 0.295 e. The molecule has 1 fully saturated rings. The molecule has 1 heterocycles. The number of amides is 1. The lowest BCUT2D eigenvalue weighted by Crippen LogP contribution is -2.32. The normalized spacial score (nSPS) is 16.6. The fraction of sp³-hybridized carbons (Fsp3) is 0.290. The molecule has 7 nitrogen and oxygen atoms in total. The molecule has 0 radical (unpaired) electrons. The summed E-state index contributed by atoms with van der Waals surface area (Å²) in [5, 5.41) is 11.3.